The van der Waals surface area contributed by atoms with E-state index in [1.807, 2.05) is 37.3 Å². The quantitative estimate of drug-likeness (QED) is 0.783. The highest BCUT2D eigenvalue weighted by molar-refractivity contribution is 5.53. The van der Waals surface area contributed by atoms with Crippen LogP contribution in [0.4, 0.5) is 0 Å². The number of hydrogen-bond acceptors (Lipinski definition) is 2. The molecule has 2 nitrogen and oxygen atoms in total. The third kappa shape index (κ3) is 2.96. The molecule has 0 radical (unpaired) electrons. The van der Waals surface area contributed by atoms with E-state index >= 15 is 0 Å². The van der Waals surface area contributed by atoms with Gasteiger partial charge in [-0.2, -0.15) is 0 Å². The van der Waals surface area contributed by atoms with Gasteiger partial charge in [-0.25, -0.2) is 4.98 Å². The van der Waals surface area contributed by atoms with Crippen molar-refractivity contribution >= 4 is 0 Å². The van der Waals surface area contributed by atoms with Gasteiger partial charge in [0.25, 0.3) is 0 Å². The van der Waals surface area contributed by atoms with Gasteiger partial charge in [-0.15, -0.1) is 0 Å². The van der Waals surface area contributed by atoms with Crippen LogP contribution in [0.25, 0.3) is 11.5 Å². The summed E-state index contributed by atoms with van der Waals surface area (Å²) < 4.78 is 5.72. The zero-order valence-corrected chi connectivity index (χ0v) is 10.7. The molecule has 0 saturated carbocycles. The number of oxazole rings is 1. The van der Waals surface area contributed by atoms with Crippen LogP contribution in [0.1, 0.15) is 31.7 Å². The lowest BCUT2D eigenvalue weighted by Gasteiger charge is -2.01. The Morgan fingerprint density at radius 1 is 1.18 bits per heavy atom. The molecule has 17 heavy (non-hydrogen) atoms. The standard InChI is InChI=1S/C15H19NO/c1-11(2)9-10-14-12(3)17-15(16-14)13-7-5-4-6-8-13/h4-8,11H,9-10H2,1-3H3. The molecule has 2 aromatic rings. The summed E-state index contributed by atoms with van der Waals surface area (Å²) in [6.45, 7) is 6.45. The van der Waals surface area contributed by atoms with Gasteiger partial charge in [-0.05, 0) is 37.8 Å². The highest BCUT2D eigenvalue weighted by atomic mass is 16.4. The molecule has 1 heterocycles. The van der Waals surface area contributed by atoms with Crippen LogP contribution in [-0.4, -0.2) is 4.98 Å². The van der Waals surface area contributed by atoms with Crippen molar-refractivity contribution in [2.45, 2.75) is 33.6 Å². The molecular formula is C15H19NO. The van der Waals surface area contributed by atoms with E-state index in [-0.39, 0.29) is 0 Å². The van der Waals surface area contributed by atoms with Crippen LogP contribution in [0, 0.1) is 12.8 Å². The first-order valence-corrected chi connectivity index (χ1v) is 6.18. The minimum atomic E-state index is 0.700. The summed E-state index contributed by atoms with van der Waals surface area (Å²) in [5, 5.41) is 0. The van der Waals surface area contributed by atoms with Gasteiger partial charge in [0.05, 0.1) is 5.69 Å². The molecule has 0 atom stereocenters. The van der Waals surface area contributed by atoms with Crippen LogP contribution in [0.3, 0.4) is 0 Å². The molecule has 0 N–H and O–H groups in total. The van der Waals surface area contributed by atoms with Gasteiger partial charge in [0.1, 0.15) is 5.76 Å². The molecule has 0 spiro atoms. The Labute approximate surface area is 103 Å². The molecule has 1 aromatic heterocycles. The van der Waals surface area contributed by atoms with Gasteiger partial charge in [0, 0.05) is 5.56 Å². The molecule has 0 amide bonds. The van der Waals surface area contributed by atoms with Crippen molar-refractivity contribution in [2.75, 3.05) is 0 Å². The van der Waals surface area contributed by atoms with Crippen molar-refractivity contribution in [3.63, 3.8) is 0 Å². The zero-order valence-electron chi connectivity index (χ0n) is 10.7. The molecule has 0 fully saturated rings. The average Bonchev–Trinajstić information content (AvgIpc) is 2.69. The number of nitrogens with zero attached hydrogens (tertiary/aromatic N) is 1. The molecule has 2 rings (SSSR count). The predicted octanol–water partition coefficient (Wildman–Crippen LogP) is 4.24. The molecule has 0 saturated heterocycles. The topological polar surface area (TPSA) is 26.0 Å². The van der Waals surface area contributed by atoms with Crippen LogP contribution in [0.15, 0.2) is 34.7 Å². The molecule has 0 aliphatic carbocycles. The van der Waals surface area contributed by atoms with E-state index in [1.54, 1.807) is 0 Å². The molecular weight excluding hydrogens is 210 g/mol. The Bertz CT molecular complexity index is 471. The first-order chi connectivity index (χ1) is 8.16. The van der Waals surface area contributed by atoms with Crippen LogP contribution in [0.5, 0.6) is 0 Å². The fourth-order valence-electron chi connectivity index (χ4n) is 1.79. The molecule has 0 aliphatic heterocycles. The average molecular weight is 229 g/mol. The second-order valence-corrected chi connectivity index (χ2v) is 4.82. The van der Waals surface area contributed by atoms with Gasteiger partial charge in [-0.3, -0.25) is 0 Å². The molecule has 90 valence electrons. The molecule has 0 unspecified atom stereocenters. The number of rotatable bonds is 4. The van der Waals surface area contributed by atoms with Gasteiger partial charge in [-0.1, -0.05) is 32.0 Å². The Balaban J connectivity index is 2.19. The second-order valence-electron chi connectivity index (χ2n) is 4.82. The summed E-state index contributed by atoms with van der Waals surface area (Å²) in [6.07, 6.45) is 2.15. The van der Waals surface area contributed by atoms with Gasteiger partial charge < -0.3 is 4.42 Å². The minimum absolute atomic E-state index is 0.700. The summed E-state index contributed by atoms with van der Waals surface area (Å²) in [5.41, 5.74) is 2.14. The maximum absolute atomic E-state index is 5.72. The normalized spacial score (nSPS) is 11.1. The van der Waals surface area contributed by atoms with E-state index in [4.69, 9.17) is 4.42 Å². The van der Waals surface area contributed by atoms with Crippen molar-refractivity contribution < 1.29 is 4.42 Å². The van der Waals surface area contributed by atoms with Crippen LogP contribution in [0.2, 0.25) is 0 Å². The third-order valence-electron chi connectivity index (χ3n) is 2.87. The number of aryl methyl sites for hydroxylation is 2. The van der Waals surface area contributed by atoms with E-state index in [2.05, 4.69) is 18.8 Å². The lowest BCUT2D eigenvalue weighted by Crippen LogP contribution is -1.94. The van der Waals surface area contributed by atoms with E-state index in [1.165, 1.54) is 0 Å². The third-order valence-corrected chi connectivity index (χ3v) is 2.87. The van der Waals surface area contributed by atoms with Crippen molar-refractivity contribution in [1.29, 1.82) is 0 Å². The van der Waals surface area contributed by atoms with Crippen LogP contribution < -0.4 is 0 Å². The Morgan fingerprint density at radius 2 is 1.88 bits per heavy atom. The van der Waals surface area contributed by atoms with Gasteiger partial charge in [0.15, 0.2) is 0 Å². The monoisotopic (exact) mass is 229 g/mol. The maximum Gasteiger partial charge on any atom is 0.226 e. The SMILES string of the molecule is Cc1oc(-c2ccccc2)nc1CCC(C)C. The highest BCUT2D eigenvalue weighted by Crippen LogP contribution is 2.22. The number of benzene rings is 1. The van der Waals surface area contributed by atoms with Crippen LogP contribution >= 0.6 is 0 Å². The molecule has 0 bridgehead atoms. The smallest absolute Gasteiger partial charge is 0.226 e. The van der Waals surface area contributed by atoms with Crippen LogP contribution in [-0.2, 0) is 6.42 Å². The summed E-state index contributed by atoms with van der Waals surface area (Å²) in [7, 11) is 0. The minimum Gasteiger partial charge on any atom is -0.441 e. The largest absolute Gasteiger partial charge is 0.441 e. The van der Waals surface area contributed by atoms with Gasteiger partial charge >= 0.3 is 0 Å². The lowest BCUT2D eigenvalue weighted by atomic mass is 10.1. The first kappa shape index (κ1) is 11.9. The van der Waals surface area contributed by atoms with Crippen molar-refractivity contribution in [3.8, 4) is 11.5 Å². The molecule has 0 aliphatic rings. The Kier molecular flexibility index (Phi) is 3.62. The first-order valence-electron chi connectivity index (χ1n) is 6.18. The van der Waals surface area contributed by atoms with E-state index in [9.17, 15) is 0 Å². The Morgan fingerprint density at radius 3 is 2.53 bits per heavy atom. The summed E-state index contributed by atoms with van der Waals surface area (Å²) in [6, 6.07) is 10.1. The van der Waals surface area contributed by atoms with E-state index in [0.717, 1.165) is 35.7 Å². The highest BCUT2D eigenvalue weighted by Gasteiger charge is 2.11. The zero-order chi connectivity index (χ0) is 12.3. The predicted molar refractivity (Wildman–Crippen MR) is 69.8 cm³/mol. The second kappa shape index (κ2) is 5.17. The fraction of sp³-hybridized carbons (Fsp3) is 0.400. The van der Waals surface area contributed by atoms with E-state index in [0.29, 0.717) is 5.92 Å². The number of hydrogen-bond donors (Lipinski definition) is 0. The van der Waals surface area contributed by atoms with Gasteiger partial charge in [0.2, 0.25) is 5.89 Å². The number of aromatic nitrogens is 1. The lowest BCUT2D eigenvalue weighted by molar-refractivity contribution is 0.533. The summed E-state index contributed by atoms with van der Waals surface area (Å²) in [4.78, 5) is 4.59. The van der Waals surface area contributed by atoms with Crippen molar-refractivity contribution in [3.05, 3.63) is 41.8 Å². The van der Waals surface area contributed by atoms with Crippen molar-refractivity contribution in [2.24, 2.45) is 5.92 Å². The molecule has 1 aromatic carbocycles. The van der Waals surface area contributed by atoms with Crippen molar-refractivity contribution in [1.82, 2.24) is 4.98 Å². The fourth-order valence-corrected chi connectivity index (χ4v) is 1.79. The summed E-state index contributed by atoms with van der Waals surface area (Å²) in [5.74, 6) is 2.39. The summed E-state index contributed by atoms with van der Waals surface area (Å²) >= 11 is 0. The maximum atomic E-state index is 5.72. The van der Waals surface area contributed by atoms with E-state index < -0.39 is 0 Å². The molecule has 2 heteroatoms. The Hall–Kier alpha value is -1.57.